The summed E-state index contributed by atoms with van der Waals surface area (Å²) in [4.78, 5) is 12.0. The van der Waals surface area contributed by atoms with E-state index in [0.29, 0.717) is 12.8 Å². The summed E-state index contributed by atoms with van der Waals surface area (Å²) in [6, 6.07) is -0.522. The predicted molar refractivity (Wildman–Crippen MR) is 124 cm³/mol. The number of aliphatic hydroxyl groups excluding tert-OH is 2. The van der Waals surface area contributed by atoms with E-state index in [1.807, 2.05) is 0 Å². The van der Waals surface area contributed by atoms with Gasteiger partial charge in [-0.05, 0) is 12.8 Å². The van der Waals surface area contributed by atoms with Crippen molar-refractivity contribution in [3.63, 3.8) is 0 Å². The summed E-state index contributed by atoms with van der Waals surface area (Å²) >= 11 is 0. The number of hydrogen-bond donors (Lipinski definition) is 3. The highest BCUT2D eigenvalue weighted by Crippen LogP contribution is 2.13. The fourth-order valence-corrected chi connectivity index (χ4v) is 3.83. The van der Waals surface area contributed by atoms with Gasteiger partial charge in [0, 0.05) is 6.42 Å². The lowest BCUT2D eigenvalue weighted by molar-refractivity contribution is -0.123. The Morgan fingerprint density at radius 3 is 1.55 bits per heavy atom. The van der Waals surface area contributed by atoms with Gasteiger partial charge >= 0.3 is 0 Å². The van der Waals surface area contributed by atoms with Crippen molar-refractivity contribution in [1.29, 1.82) is 0 Å². The lowest BCUT2D eigenvalue weighted by Gasteiger charge is -2.22. The number of aliphatic hydroxyl groups is 2. The minimum absolute atomic E-state index is 0.0440. The van der Waals surface area contributed by atoms with Crippen LogP contribution in [0.25, 0.3) is 0 Å². The fraction of sp³-hybridized carbons (Fsp3) is 0.960. The van der Waals surface area contributed by atoms with Gasteiger partial charge in [-0.15, -0.1) is 0 Å². The molecule has 174 valence electrons. The first-order valence-electron chi connectivity index (χ1n) is 12.7. The lowest BCUT2D eigenvalue weighted by atomic mass is 10.0. The third-order valence-electron chi connectivity index (χ3n) is 5.87. The van der Waals surface area contributed by atoms with E-state index >= 15 is 0 Å². The molecular weight excluding hydrogens is 362 g/mol. The largest absolute Gasteiger partial charge is 0.394 e. The molecule has 0 radical (unpaired) electrons. The van der Waals surface area contributed by atoms with Crippen LogP contribution in [-0.4, -0.2) is 34.9 Å². The Morgan fingerprint density at radius 2 is 1.10 bits per heavy atom. The van der Waals surface area contributed by atoms with Gasteiger partial charge in [0.15, 0.2) is 0 Å². The molecule has 0 aromatic carbocycles. The lowest BCUT2D eigenvalue weighted by Crippen LogP contribution is -2.45. The first-order chi connectivity index (χ1) is 14.2. The molecule has 4 heteroatoms. The number of amides is 1. The number of carbonyl (C=O) groups excluding carboxylic acids is 1. The SMILES string of the molecule is CCCCCCCCCCCCCCCCC(=O)NC(CO)C(O)CCCCC. The summed E-state index contributed by atoms with van der Waals surface area (Å²) < 4.78 is 0. The molecule has 0 saturated carbocycles. The number of unbranched alkanes of at least 4 members (excludes halogenated alkanes) is 15. The number of carbonyl (C=O) groups is 1. The molecule has 2 unspecified atom stereocenters. The van der Waals surface area contributed by atoms with E-state index in [9.17, 15) is 15.0 Å². The molecule has 1 amide bonds. The molecule has 3 N–H and O–H groups in total. The van der Waals surface area contributed by atoms with Crippen LogP contribution in [0.2, 0.25) is 0 Å². The van der Waals surface area contributed by atoms with Gasteiger partial charge in [-0.25, -0.2) is 0 Å². The highest BCUT2D eigenvalue weighted by molar-refractivity contribution is 5.76. The molecule has 0 aliphatic carbocycles. The Hall–Kier alpha value is -0.610. The quantitative estimate of drug-likeness (QED) is 0.183. The van der Waals surface area contributed by atoms with Crippen molar-refractivity contribution < 1.29 is 15.0 Å². The second-order valence-corrected chi connectivity index (χ2v) is 8.77. The molecule has 29 heavy (non-hydrogen) atoms. The molecular formula is C25H51NO3. The first kappa shape index (κ1) is 28.4. The average Bonchev–Trinajstić information content (AvgIpc) is 2.72. The minimum Gasteiger partial charge on any atom is -0.394 e. The molecule has 0 fully saturated rings. The van der Waals surface area contributed by atoms with Gasteiger partial charge in [0.1, 0.15) is 0 Å². The van der Waals surface area contributed by atoms with Crippen LogP contribution in [-0.2, 0) is 4.79 Å². The predicted octanol–water partition coefficient (Wildman–Crippen LogP) is 6.28. The van der Waals surface area contributed by atoms with Gasteiger partial charge < -0.3 is 15.5 Å². The Balaban J connectivity index is 3.48. The normalized spacial score (nSPS) is 13.4. The van der Waals surface area contributed by atoms with E-state index in [4.69, 9.17) is 0 Å². The molecule has 0 aliphatic rings. The number of rotatable bonds is 22. The summed E-state index contributed by atoms with van der Waals surface area (Å²) in [7, 11) is 0. The van der Waals surface area contributed by atoms with Crippen LogP contribution in [0.5, 0.6) is 0 Å². The van der Waals surface area contributed by atoms with Gasteiger partial charge in [-0.1, -0.05) is 117 Å². The minimum atomic E-state index is -0.646. The smallest absolute Gasteiger partial charge is 0.220 e. The van der Waals surface area contributed by atoms with E-state index in [2.05, 4.69) is 19.2 Å². The molecule has 0 heterocycles. The van der Waals surface area contributed by atoms with Crippen LogP contribution in [0.3, 0.4) is 0 Å². The molecule has 0 aliphatic heterocycles. The molecule has 2 atom stereocenters. The molecule has 0 aromatic rings. The zero-order valence-corrected chi connectivity index (χ0v) is 19.6. The van der Waals surface area contributed by atoms with Crippen molar-refractivity contribution in [2.75, 3.05) is 6.61 Å². The Labute approximate surface area is 181 Å². The average molecular weight is 414 g/mol. The van der Waals surface area contributed by atoms with Gasteiger partial charge in [-0.3, -0.25) is 4.79 Å². The summed E-state index contributed by atoms with van der Waals surface area (Å²) in [5, 5.41) is 22.3. The molecule has 0 bridgehead atoms. The first-order valence-corrected chi connectivity index (χ1v) is 12.7. The molecule has 0 saturated heterocycles. The van der Waals surface area contributed by atoms with Gasteiger partial charge in [0.05, 0.1) is 18.8 Å². The van der Waals surface area contributed by atoms with Crippen molar-refractivity contribution >= 4 is 5.91 Å². The molecule has 0 rings (SSSR count). The number of nitrogens with one attached hydrogen (secondary N) is 1. The highest BCUT2D eigenvalue weighted by Gasteiger charge is 2.19. The van der Waals surface area contributed by atoms with Crippen molar-refractivity contribution in [3.8, 4) is 0 Å². The van der Waals surface area contributed by atoms with Crippen LogP contribution in [0, 0.1) is 0 Å². The maximum absolute atomic E-state index is 12.0. The van der Waals surface area contributed by atoms with Crippen LogP contribution < -0.4 is 5.32 Å². The molecule has 0 aromatic heterocycles. The fourth-order valence-electron chi connectivity index (χ4n) is 3.83. The third-order valence-corrected chi connectivity index (χ3v) is 5.87. The molecule has 0 spiro atoms. The standard InChI is InChI=1S/C25H51NO3/c1-3-5-7-8-9-10-11-12-13-14-15-16-17-19-21-25(29)26-23(22-27)24(28)20-18-6-4-2/h23-24,27-28H,3-22H2,1-2H3,(H,26,29). The van der Waals surface area contributed by atoms with Crippen LogP contribution >= 0.6 is 0 Å². The summed E-state index contributed by atoms with van der Waals surface area (Å²) in [5.41, 5.74) is 0. The number of hydrogen-bond acceptors (Lipinski definition) is 3. The van der Waals surface area contributed by atoms with E-state index in [-0.39, 0.29) is 12.5 Å². The monoisotopic (exact) mass is 413 g/mol. The van der Waals surface area contributed by atoms with E-state index in [0.717, 1.165) is 32.1 Å². The molecule has 4 nitrogen and oxygen atoms in total. The van der Waals surface area contributed by atoms with Gasteiger partial charge in [0.2, 0.25) is 5.91 Å². The van der Waals surface area contributed by atoms with Gasteiger partial charge in [-0.2, -0.15) is 0 Å². The Kier molecular flexibility index (Phi) is 21.6. The van der Waals surface area contributed by atoms with Crippen LogP contribution in [0.1, 0.15) is 136 Å². The van der Waals surface area contributed by atoms with E-state index < -0.39 is 12.1 Å². The maximum atomic E-state index is 12.0. The second kappa shape index (κ2) is 22.1. The Morgan fingerprint density at radius 1 is 0.690 bits per heavy atom. The van der Waals surface area contributed by atoms with Crippen molar-refractivity contribution in [3.05, 3.63) is 0 Å². The Bertz CT molecular complexity index is 349. The summed E-state index contributed by atoms with van der Waals surface area (Å²) in [6.45, 7) is 4.19. The van der Waals surface area contributed by atoms with E-state index in [1.54, 1.807) is 0 Å². The second-order valence-electron chi connectivity index (χ2n) is 8.77. The summed E-state index contributed by atoms with van der Waals surface area (Å²) in [6.07, 6.45) is 21.9. The maximum Gasteiger partial charge on any atom is 0.220 e. The van der Waals surface area contributed by atoms with Crippen molar-refractivity contribution in [1.82, 2.24) is 5.32 Å². The van der Waals surface area contributed by atoms with Crippen LogP contribution in [0.15, 0.2) is 0 Å². The highest BCUT2D eigenvalue weighted by atomic mass is 16.3. The van der Waals surface area contributed by atoms with Crippen LogP contribution in [0.4, 0.5) is 0 Å². The van der Waals surface area contributed by atoms with Crippen molar-refractivity contribution in [2.45, 2.75) is 148 Å². The topological polar surface area (TPSA) is 69.6 Å². The van der Waals surface area contributed by atoms with Gasteiger partial charge in [0.25, 0.3) is 0 Å². The zero-order chi connectivity index (χ0) is 21.6. The summed E-state index contributed by atoms with van der Waals surface area (Å²) in [5.74, 6) is -0.0440. The zero-order valence-electron chi connectivity index (χ0n) is 19.6. The van der Waals surface area contributed by atoms with E-state index in [1.165, 1.54) is 77.0 Å². The van der Waals surface area contributed by atoms with Crippen molar-refractivity contribution in [2.24, 2.45) is 0 Å². The third kappa shape index (κ3) is 19.1.